The third-order valence-electron chi connectivity index (χ3n) is 4.28. The van der Waals surface area contributed by atoms with Crippen LogP contribution in [0.2, 0.25) is 5.02 Å². The fraction of sp³-hybridized carbons (Fsp3) is 0.136. The van der Waals surface area contributed by atoms with Crippen LogP contribution in [0.15, 0.2) is 53.1 Å². The Hall–Kier alpha value is -3.58. The van der Waals surface area contributed by atoms with E-state index >= 15 is 0 Å². The number of carbonyl (C=O) groups excluding carboxylic acids is 1. The second kappa shape index (κ2) is 8.04. The van der Waals surface area contributed by atoms with Gasteiger partial charge in [-0.1, -0.05) is 23.7 Å². The summed E-state index contributed by atoms with van der Waals surface area (Å²) in [5.41, 5.74) is 3.73. The minimum Gasteiger partial charge on any atom is -0.435 e. The quantitative estimate of drug-likeness (QED) is 0.498. The number of pyridine rings is 1. The first-order chi connectivity index (χ1) is 14.4. The van der Waals surface area contributed by atoms with Crippen LogP contribution in [0.1, 0.15) is 27.7 Å². The zero-order chi connectivity index (χ0) is 21.3. The molecule has 0 aliphatic rings. The van der Waals surface area contributed by atoms with Gasteiger partial charge in [0.15, 0.2) is 11.7 Å². The summed E-state index contributed by atoms with van der Waals surface area (Å²) in [6.07, 6.45) is 1.57. The monoisotopic (exact) mass is 419 g/mol. The first kappa shape index (κ1) is 19.7. The predicted octanol–water partition coefficient (Wildman–Crippen LogP) is 5.02. The molecule has 7 nitrogen and oxygen atoms in total. The third kappa shape index (κ3) is 4.21. The van der Waals surface area contributed by atoms with Crippen LogP contribution in [0.3, 0.4) is 0 Å². The number of hydrogen-bond acceptors (Lipinski definition) is 6. The van der Waals surface area contributed by atoms with Gasteiger partial charge in [-0.05, 0) is 49.7 Å². The number of aromatic nitrogens is 4. The summed E-state index contributed by atoms with van der Waals surface area (Å²) in [7, 11) is 0. The lowest BCUT2D eigenvalue weighted by atomic mass is 10.1. The van der Waals surface area contributed by atoms with Gasteiger partial charge in [0.2, 0.25) is 5.76 Å². The maximum Gasteiger partial charge on any atom is 0.294 e. The molecule has 150 valence electrons. The Bertz CT molecular complexity index is 1210. The van der Waals surface area contributed by atoms with E-state index in [0.717, 1.165) is 16.8 Å². The van der Waals surface area contributed by atoms with Crippen molar-refractivity contribution in [3.63, 3.8) is 0 Å². The SMILES string of the molecule is Cc1cc(C)nc(-c2nccc(NC(=O)c3oc(C)nc3-c3ccc(Cl)cc3)n2)c1. The molecular weight excluding hydrogens is 402 g/mol. The van der Waals surface area contributed by atoms with Crippen LogP contribution >= 0.6 is 11.6 Å². The lowest BCUT2D eigenvalue weighted by molar-refractivity contribution is 0.0996. The highest BCUT2D eigenvalue weighted by atomic mass is 35.5. The lowest BCUT2D eigenvalue weighted by Gasteiger charge is -2.07. The number of carbonyl (C=O) groups is 1. The third-order valence-corrected chi connectivity index (χ3v) is 4.53. The van der Waals surface area contributed by atoms with Gasteiger partial charge in [-0.3, -0.25) is 4.79 Å². The summed E-state index contributed by atoms with van der Waals surface area (Å²) >= 11 is 5.96. The van der Waals surface area contributed by atoms with Crippen molar-refractivity contribution in [3.8, 4) is 22.8 Å². The molecule has 0 spiro atoms. The van der Waals surface area contributed by atoms with Crippen molar-refractivity contribution in [2.45, 2.75) is 20.8 Å². The Labute approximate surface area is 178 Å². The zero-order valence-electron chi connectivity index (χ0n) is 16.6. The van der Waals surface area contributed by atoms with E-state index in [9.17, 15) is 4.79 Å². The first-order valence-corrected chi connectivity index (χ1v) is 9.60. The van der Waals surface area contributed by atoms with Gasteiger partial charge in [-0.25, -0.2) is 19.9 Å². The average Bonchev–Trinajstić information content (AvgIpc) is 3.10. The number of hydrogen-bond donors (Lipinski definition) is 1. The van der Waals surface area contributed by atoms with Crippen molar-refractivity contribution in [1.29, 1.82) is 0 Å². The molecule has 8 heteroatoms. The van der Waals surface area contributed by atoms with Crippen LogP contribution in [-0.2, 0) is 0 Å². The number of benzene rings is 1. The van der Waals surface area contributed by atoms with E-state index in [1.54, 1.807) is 43.5 Å². The van der Waals surface area contributed by atoms with Crippen molar-refractivity contribution in [2.75, 3.05) is 5.32 Å². The average molecular weight is 420 g/mol. The van der Waals surface area contributed by atoms with Gasteiger partial charge in [-0.15, -0.1) is 0 Å². The molecule has 3 aromatic heterocycles. The number of amides is 1. The van der Waals surface area contributed by atoms with Gasteiger partial charge in [0, 0.05) is 29.4 Å². The van der Waals surface area contributed by atoms with Gasteiger partial charge in [-0.2, -0.15) is 0 Å². The molecule has 0 fully saturated rings. The molecule has 1 aromatic carbocycles. The molecule has 0 atom stereocenters. The van der Waals surface area contributed by atoms with Crippen LogP contribution in [0.25, 0.3) is 22.8 Å². The van der Waals surface area contributed by atoms with Gasteiger partial charge >= 0.3 is 0 Å². The van der Waals surface area contributed by atoms with Crippen molar-refractivity contribution in [1.82, 2.24) is 19.9 Å². The van der Waals surface area contributed by atoms with Gasteiger partial charge in [0.05, 0.1) is 0 Å². The van der Waals surface area contributed by atoms with E-state index in [1.165, 1.54) is 0 Å². The normalized spacial score (nSPS) is 10.8. The van der Waals surface area contributed by atoms with Gasteiger partial charge in [0.25, 0.3) is 5.91 Å². The largest absolute Gasteiger partial charge is 0.435 e. The highest BCUT2D eigenvalue weighted by molar-refractivity contribution is 6.30. The molecule has 0 bridgehead atoms. The fourth-order valence-electron chi connectivity index (χ4n) is 3.07. The molecule has 0 saturated heterocycles. The summed E-state index contributed by atoms with van der Waals surface area (Å²) < 4.78 is 5.57. The molecule has 0 unspecified atom stereocenters. The van der Waals surface area contributed by atoms with Crippen LogP contribution in [0.4, 0.5) is 5.82 Å². The molecule has 0 aliphatic heterocycles. The lowest BCUT2D eigenvalue weighted by Crippen LogP contribution is -2.14. The molecule has 30 heavy (non-hydrogen) atoms. The minimum absolute atomic E-state index is 0.0968. The van der Waals surface area contributed by atoms with E-state index in [0.29, 0.717) is 33.9 Å². The first-order valence-electron chi connectivity index (χ1n) is 9.22. The highest BCUT2D eigenvalue weighted by Gasteiger charge is 2.21. The summed E-state index contributed by atoms with van der Waals surface area (Å²) in [6.45, 7) is 5.58. The summed E-state index contributed by atoms with van der Waals surface area (Å²) in [5.74, 6) is 0.777. The zero-order valence-corrected chi connectivity index (χ0v) is 17.4. The number of nitrogens with one attached hydrogen (secondary N) is 1. The summed E-state index contributed by atoms with van der Waals surface area (Å²) in [5, 5.41) is 3.35. The standard InChI is InChI=1S/C22H18ClN5O2/c1-12-10-13(2)25-17(11-12)21-24-9-8-18(27-21)28-22(29)20-19(26-14(3)30-20)15-4-6-16(23)7-5-15/h4-11H,1-3H3,(H,24,27,28,29). The van der Waals surface area contributed by atoms with Crippen LogP contribution in [0.5, 0.6) is 0 Å². The van der Waals surface area contributed by atoms with E-state index in [4.69, 9.17) is 16.0 Å². The van der Waals surface area contributed by atoms with Crippen molar-refractivity contribution in [3.05, 3.63) is 76.6 Å². The maximum absolute atomic E-state index is 12.9. The number of nitrogens with zero attached hydrogens (tertiary/aromatic N) is 4. The van der Waals surface area contributed by atoms with Crippen molar-refractivity contribution < 1.29 is 9.21 Å². The van der Waals surface area contributed by atoms with Crippen LogP contribution < -0.4 is 5.32 Å². The summed E-state index contributed by atoms with van der Waals surface area (Å²) in [6, 6.07) is 12.5. The molecule has 0 radical (unpaired) electrons. The number of rotatable bonds is 4. The Morgan fingerprint density at radius 3 is 2.50 bits per heavy atom. The highest BCUT2D eigenvalue weighted by Crippen LogP contribution is 2.26. The Balaban J connectivity index is 1.63. The molecule has 1 N–H and O–H groups in total. The van der Waals surface area contributed by atoms with E-state index in [-0.39, 0.29) is 5.76 Å². The number of aryl methyl sites for hydroxylation is 3. The molecule has 3 heterocycles. The smallest absolute Gasteiger partial charge is 0.294 e. The molecule has 1 amide bonds. The van der Waals surface area contributed by atoms with Gasteiger partial charge < -0.3 is 9.73 Å². The topological polar surface area (TPSA) is 93.8 Å². The molecule has 0 saturated carbocycles. The molecule has 4 aromatic rings. The van der Waals surface area contributed by atoms with Gasteiger partial charge in [0.1, 0.15) is 17.2 Å². The maximum atomic E-state index is 12.9. The number of anilines is 1. The van der Waals surface area contributed by atoms with E-state index < -0.39 is 5.91 Å². The second-order valence-electron chi connectivity index (χ2n) is 6.81. The Kier molecular flexibility index (Phi) is 5.29. The fourth-order valence-corrected chi connectivity index (χ4v) is 3.19. The van der Waals surface area contributed by atoms with Crippen LogP contribution in [0, 0.1) is 20.8 Å². The minimum atomic E-state index is -0.460. The van der Waals surface area contributed by atoms with Crippen LogP contribution in [-0.4, -0.2) is 25.8 Å². The van der Waals surface area contributed by atoms with Crippen molar-refractivity contribution >= 4 is 23.3 Å². The molecule has 4 rings (SSSR count). The van der Waals surface area contributed by atoms with E-state index in [2.05, 4.69) is 25.3 Å². The number of oxazole rings is 1. The molecule has 0 aliphatic carbocycles. The van der Waals surface area contributed by atoms with Crippen molar-refractivity contribution in [2.24, 2.45) is 0 Å². The summed E-state index contributed by atoms with van der Waals surface area (Å²) in [4.78, 5) is 30.4. The van der Waals surface area contributed by atoms with E-state index in [1.807, 2.05) is 26.0 Å². The Morgan fingerprint density at radius 2 is 1.77 bits per heavy atom. The predicted molar refractivity (Wildman–Crippen MR) is 114 cm³/mol. The second-order valence-corrected chi connectivity index (χ2v) is 7.24. The molecular formula is C22H18ClN5O2. The number of halogens is 1. The Morgan fingerprint density at radius 1 is 1.00 bits per heavy atom.